The zero-order chi connectivity index (χ0) is 21.9. The number of rotatable bonds is 3. The normalized spacial score (nSPS) is 11.8. The molecule has 0 unspecified atom stereocenters. The molecule has 4 aromatic heterocycles. The third kappa shape index (κ3) is 2.95. The molecule has 0 spiro atoms. The highest BCUT2D eigenvalue weighted by Crippen LogP contribution is 2.36. The van der Waals surface area contributed by atoms with Gasteiger partial charge in [0.25, 0.3) is 5.69 Å². The van der Waals surface area contributed by atoms with Crippen LogP contribution in [0.1, 0.15) is 31.1 Å². The van der Waals surface area contributed by atoms with Crippen molar-refractivity contribution in [2.24, 2.45) is 14.1 Å². The van der Waals surface area contributed by atoms with E-state index in [1.54, 1.807) is 0 Å². The summed E-state index contributed by atoms with van der Waals surface area (Å²) in [7, 11) is 4.24. The first-order chi connectivity index (χ1) is 14.9. The molecule has 5 nitrogen and oxygen atoms in total. The largest absolute Gasteiger partial charge is 0.437 e. The molecule has 0 fully saturated rings. The van der Waals surface area contributed by atoms with Crippen molar-refractivity contribution in [2.75, 3.05) is 0 Å². The molecule has 0 aliphatic carbocycles. The van der Waals surface area contributed by atoms with Crippen molar-refractivity contribution in [1.82, 2.24) is 9.67 Å². The highest BCUT2D eigenvalue weighted by molar-refractivity contribution is 6.08. The van der Waals surface area contributed by atoms with Crippen molar-refractivity contribution < 1.29 is 13.7 Å². The second-order valence-electron chi connectivity index (χ2n) is 8.60. The van der Waals surface area contributed by atoms with Gasteiger partial charge in [-0.15, -0.1) is 4.68 Å². The highest BCUT2D eigenvalue weighted by atomic mass is 16.3. The van der Waals surface area contributed by atoms with Crippen molar-refractivity contribution in [3.8, 4) is 22.6 Å². The molecule has 1 aromatic carbocycles. The number of aryl methyl sites for hydroxylation is 2. The van der Waals surface area contributed by atoms with Crippen LogP contribution in [0.3, 0.4) is 0 Å². The average molecular weight is 413 g/mol. The Kier molecular flexibility index (Phi) is 4.43. The Bertz CT molecular complexity index is 1460. The predicted molar refractivity (Wildman–Crippen MR) is 123 cm³/mol. The summed E-state index contributed by atoms with van der Waals surface area (Å²) in [5.74, 6) is 0. The fourth-order valence-corrected chi connectivity index (χ4v) is 4.57. The molecule has 0 amide bonds. The SMILES string of the molecule is Cc1ccc2c(n1)oc1c(-c3cccc(-c4ccn(C(C)C)[n+]4C)[n+]3C)c(C)ccc12. The number of nitrogens with zero attached hydrogens (tertiary/aromatic N) is 4. The predicted octanol–water partition coefficient (Wildman–Crippen LogP) is 4.96. The molecule has 0 N–H and O–H groups in total. The summed E-state index contributed by atoms with van der Waals surface area (Å²) in [6, 6.07) is 17.5. The molecule has 0 aliphatic rings. The van der Waals surface area contributed by atoms with Crippen molar-refractivity contribution in [3.05, 3.63) is 66.0 Å². The molecular weight excluding hydrogens is 384 g/mol. The standard InChI is InChI=1S/C26H28N4O/c1-16(2)30-15-14-22(29(30)6)21-8-7-9-23(28(21)5)24-17(3)10-12-19-20-13-11-18(4)27-26(20)31-25(19)24/h7-16H,1-6H3/q+2. The van der Waals surface area contributed by atoms with Gasteiger partial charge in [-0.1, -0.05) is 12.1 Å². The van der Waals surface area contributed by atoms with E-state index in [-0.39, 0.29) is 0 Å². The Morgan fingerprint density at radius 3 is 2.35 bits per heavy atom. The van der Waals surface area contributed by atoms with Gasteiger partial charge in [-0.2, -0.15) is 9.25 Å². The third-order valence-corrected chi connectivity index (χ3v) is 6.21. The average Bonchev–Trinajstić information content (AvgIpc) is 3.28. The quantitative estimate of drug-likeness (QED) is 0.393. The lowest BCUT2D eigenvalue weighted by Crippen LogP contribution is -2.44. The van der Waals surface area contributed by atoms with E-state index in [0.717, 1.165) is 39.0 Å². The van der Waals surface area contributed by atoms with Crippen LogP contribution in [0.25, 0.3) is 44.7 Å². The molecule has 0 bridgehead atoms. The van der Waals surface area contributed by atoms with E-state index in [4.69, 9.17) is 4.42 Å². The van der Waals surface area contributed by atoms with Gasteiger partial charge in [0.05, 0.1) is 17.8 Å². The topological polar surface area (TPSA) is 38.7 Å². The van der Waals surface area contributed by atoms with Gasteiger partial charge in [0.1, 0.15) is 7.05 Å². The number of pyridine rings is 2. The number of hydrogen-bond donors (Lipinski definition) is 0. The summed E-state index contributed by atoms with van der Waals surface area (Å²) in [6.45, 7) is 8.53. The van der Waals surface area contributed by atoms with Crippen LogP contribution in [0.5, 0.6) is 0 Å². The Morgan fingerprint density at radius 2 is 1.61 bits per heavy atom. The lowest BCUT2D eigenvalue weighted by atomic mass is 10.0. The number of benzene rings is 1. The molecule has 5 rings (SSSR count). The van der Waals surface area contributed by atoms with Gasteiger partial charge in [0, 0.05) is 34.7 Å². The zero-order valence-corrected chi connectivity index (χ0v) is 19.0. The number of hydrogen-bond acceptors (Lipinski definition) is 2. The molecule has 5 heteroatoms. The van der Waals surface area contributed by atoms with Crippen molar-refractivity contribution >= 4 is 22.1 Å². The maximum absolute atomic E-state index is 6.33. The Hall–Kier alpha value is -3.47. The summed E-state index contributed by atoms with van der Waals surface area (Å²) < 4.78 is 13.0. The summed E-state index contributed by atoms with van der Waals surface area (Å²) in [5.41, 5.74) is 8.29. The van der Waals surface area contributed by atoms with Crippen LogP contribution in [0.4, 0.5) is 0 Å². The molecule has 31 heavy (non-hydrogen) atoms. The Morgan fingerprint density at radius 1 is 0.871 bits per heavy atom. The van der Waals surface area contributed by atoms with Crippen LogP contribution in [0.2, 0.25) is 0 Å². The lowest BCUT2D eigenvalue weighted by Gasteiger charge is -2.08. The van der Waals surface area contributed by atoms with Gasteiger partial charge in [0.2, 0.25) is 11.4 Å². The lowest BCUT2D eigenvalue weighted by molar-refractivity contribution is -0.753. The second kappa shape index (κ2) is 7.05. The monoisotopic (exact) mass is 412 g/mol. The van der Waals surface area contributed by atoms with Gasteiger partial charge in [-0.3, -0.25) is 0 Å². The maximum Gasteiger partial charge on any atom is 0.301 e. The molecule has 0 saturated heterocycles. The van der Waals surface area contributed by atoms with Crippen molar-refractivity contribution in [1.29, 1.82) is 0 Å². The van der Waals surface area contributed by atoms with E-state index in [1.807, 2.05) is 13.0 Å². The molecule has 0 atom stereocenters. The van der Waals surface area contributed by atoms with Crippen molar-refractivity contribution in [3.63, 3.8) is 0 Å². The fourth-order valence-electron chi connectivity index (χ4n) is 4.57. The van der Waals surface area contributed by atoms with E-state index in [9.17, 15) is 0 Å². The van der Waals surface area contributed by atoms with Crippen LogP contribution < -0.4 is 9.25 Å². The van der Waals surface area contributed by atoms with Crippen LogP contribution in [-0.4, -0.2) is 9.67 Å². The number of furan rings is 1. The summed E-state index contributed by atoms with van der Waals surface area (Å²) >= 11 is 0. The Balaban J connectivity index is 1.77. The van der Waals surface area contributed by atoms with E-state index in [2.05, 4.69) is 102 Å². The molecule has 5 aromatic rings. The molecule has 0 aliphatic heterocycles. The van der Waals surface area contributed by atoms with E-state index >= 15 is 0 Å². The zero-order valence-electron chi connectivity index (χ0n) is 19.0. The van der Waals surface area contributed by atoms with Crippen LogP contribution in [0, 0.1) is 13.8 Å². The summed E-state index contributed by atoms with van der Waals surface area (Å²) in [6.07, 6.45) is 2.14. The number of aromatic nitrogens is 4. The maximum atomic E-state index is 6.33. The smallest absolute Gasteiger partial charge is 0.301 e. The highest BCUT2D eigenvalue weighted by Gasteiger charge is 2.28. The van der Waals surface area contributed by atoms with E-state index in [0.29, 0.717) is 11.8 Å². The summed E-state index contributed by atoms with van der Waals surface area (Å²) in [4.78, 5) is 4.62. The van der Waals surface area contributed by atoms with Gasteiger partial charge >= 0.3 is 5.69 Å². The molecule has 4 heterocycles. The second-order valence-corrected chi connectivity index (χ2v) is 8.60. The van der Waals surface area contributed by atoms with Crippen molar-refractivity contribution in [2.45, 2.75) is 33.7 Å². The first kappa shape index (κ1) is 19.5. The van der Waals surface area contributed by atoms with Crippen LogP contribution in [0.15, 0.2) is 59.1 Å². The minimum Gasteiger partial charge on any atom is -0.437 e. The molecular formula is C26H28N4O+2. The summed E-state index contributed by atoms with van der Waals surface area (Å²) in [5, 5.41) is 2.16. The van der Waals surface area contributed by atoms with E-state index in [1.165, 1.54) is 11.3 Å². The first-order valence-corrected chi connectivity index (χ1v) is 10.7. The minimum atomic E-state index is 0.398. The van der Waals surface area contributed by atoms with Crippen LogP contribution in [-0.2, 0) is 14.1 Å². The minimum absolute atomic E-state index is 0.398. The van der Waals surface area contributed by atoms with Gasteiger partial charge in [0.15, 0.2) is 12.6 Å². The molecule has 0 radical (unpaired) electrons. The molecule has 0 saturated carbocycles. The van der Waals surface area contributed by atoms with Crippen LogP contribution >= 0.6 is 0 Å². The molecule has 156 valence electrons. The third-order valence-electron chi connectivity index (χ3n) is 6.21. The number of fused-ring (bicyclic) bond motifs is 3. The van der Waals surface area contributed by atoms with Gasteiger partial charge in [-0.05, 0) is 51.5 Å². The fraction of sp³-hybridized carbons (Fsp3) is 0.269. The van der Waals surface area contributed by atoms with Gasteiger partial charge < -0.3 is 4.42 Å². The first-order valence-electron chi connectivity index (χ1n) is 10.7. The van der Waals surface area contributed by atoms with E-state index < -0.39 is 0 Å². The van der Waals surface area contributed by atoms with Gasteiger partial charge in [-0.25, -0.2) is 4.98 Å². The Labute approximate surface area is 182 Å².